The number of hydrogen-bond acceptors (Lipinski definition) is 6. The summed E-state index contributed by atoms with van der Waals surface area (Å²) in [5.41, 5.74) is 7.68. The maximum atomic E-state index is 13.5. The minimum absolute atomic E-state index is 0.0174. The fraction of sp³-hybridized carbons (Fsp3) is 0.467. The van der Waals surface area contributed by atoms with Crippen LogP contribution < -0.4 is 21.7 Å². The Labute approximate surface area is 235 Å². The van der Waals surface area contributed by atoms with E-state index in [1.807, 2.05) is 51.1 Å². The highest BCUT2D eigenvalue weighted by atomic mass is 16.4. The Morgan fingerprint density at radius 2 is 1.32 bits per heavy atom. The van der Waals surface area contributed by atoms with Crippen LogP contribution in [0, 0.1) is 11.8 Å². The molecule has 0 radical (unpaired) electrons. The molecule has 0 saturated carbocycles. The van der Waals surface area contributed by atoms with Crippen molar-refractivity contribution in [2.45, 2.75) is 77.5 Å². The highest BCUT2D eigenvalue weighted by molar-refractivity contribution is 5.94. The van der Waals surface area contributed by atoms with Crippen molar-refractivity contribution in [3.05, 3.63) is 65.7 Å². The summed E-state index contributed by atoms with van der Waals surface area (Å²) in [6, 6.07) is 11.4. The Bertz CT molecular complexity index is 1120. The highest BCUT2D eigenvalue weighted by Gasteiger charge is 2.32. The van der Waals surface area contributed by atoms with Crippen molar-refractivity contribution >= 4 is 23.7 Å². The van der Waals surface area contributed by atoms with E-state index >= 15 is 0 Å². The molecule has 0 spiro atoms. The van der Waals surface area contributed by atoms with E-state index in [4.69, 9.17) is 5.73 Å². The fourth-order valence-corrected chi connectivity index (χ4v) is 4.23. The van der Waals surface area contributed by atoms with Crippen molar-refractivity contribution in [3.63, 3.8) is 0 Å². The minimum Gasteiger partial charge on any atom is -0.508 e. The average Bonchev–Trinajstić information content (AvgIpc) is 2.91. The SMILES string of the molecule is CCC(C)C(NC(=O)C(CC(C)C)NC(=O)C(Cc1ccccc1)NC(=O)C(N)Cc1ccc(O)cc1)C(=O)O. The van der Waals surface area contributed by atoms with Gasteiger partial charge in [0.05, 0.1) is 6.04 Å². The molecule has 2 aromatic carbocycles. The van der Waals surface area contributed by atoms with E-state index in [2.05, 4.69) is 16.0 Å². The third-order valence-electron chi connectivity index (χ3n) is 6.76. The molecule has 218 valence electrons. The van der Waals surface area contributed by atoms with Gasteiger partial charge < -0.3 is 31.9 Å². The van der Waals surface area contributed by atoms with Crippen molar-refractivity contribution in [2.75, 3.05) is 0 Å². The normalized spacial score (nSPS) is 14.8. The number of carboxylic acids is 1. The predicted molar refractivity (Wildman–Crippen MR) is 152 cm³/mol. The lowest BCUT2D eigenvalue weighted by atomic mass is 9.97. The lowest BCUT2D eigenvalue weighted by molar-refractivity contribution is -0.144. The van der Waals surface area contributed by atoms with E-state index in [9.17, 15) is 29.4 Å². The standard InChI is InChI=1S/C30H42N4O6/c1-5-19(4)26(30(39)40)34-29(38)24(15-18(2)3)33-28(37)25(17-20-9-7-6-8-10-20)32-27(36)23(31)16-21-11-13-22(35)14-12-21/h6-14,18-19,23-26,35H,5,15-17,31H2,1-4H3,(H,32,36)(H,33,37)(H,34,38)(H,39,40). The van der Waals surface area contributed by atoms with Gasteiger partial charge in [-0.15, -0.1) is 0 Å². The van der Waals surface area contributed by atoms with Gasteiger partial charge in [0, 0.05) is 6.42 Å². The number of hydrogen-bond donors (Lipinski definition) is 6. The largest absolute Gasteiger partial charge is 0.508 e. The second kappa shape index (κ2) is 15.6. The van der Waals surface area contributed by atoms with Gasteiger partial charge in [-0.05, 0) is 47.9 Å². The number of aliphatic carboxylic acids is 1. The molecule has 0 aromatic heterocycles. The second-order valence-electron chi connectivity index (χ2n) is 10.6. The first-order valence-electron chi connectivity index (χ1n) is 13.6. The first-order chi connectivity index (χ1) is 18.9. The minimum atomic E-state index is -1.14. The Balaban J connectivity index is 2.22. The van der Waals surface area contributed by atoms with Crippen LogP contribution in [0.15, 0.2) is 54.6 Å². The van der Waals surface area contributed by atoms with Gasteiger partial charge in [-0.1, -0.05) is 76.6 Å². The molecule has 0 aliphatic heterocycles. The molecule has 2 aromatic rings. The molecule has 5 unspecified atom stereocenters. The molecule has 0 heterocycles. The van der Waals surface area contributed by atoms with Crippen molar-refractivity contribution in [2.24, 2.45) is 17.6 Å². The monoisotopic (exact) mass is 554 g/mol. The van der Waals surface area contributed by atoms with Gasteiger partial charge >= 0.3 is 5.97 Å². The van der Waals surface area contributed by atoms with Crippen LogP contribution in [0.25, 0.3) is 0 Å². The number of benzene rings is 2. The number of rotatable bonds is 15. The smallest absolute Gasteiger partial charge is 0.326 e. The maximum absolute atomic E-state index is 13.5. The highest BCUT2D eigenvalue weighted by Crippen LogP contribution is 2.13. The van der Waals surface area contributed by atoms with E-state index in [1.165, 1.54) is 12.1 Å². The van der Waals surface area contributed by atoms with Gasteiger partial charge in [-0.25, -0.2) is 4.79 Å². The molecule has 0 bridgehead atoms. The molecule has 0 aliphatic rings. The topological polar surface area (TPSA) is 171 Å². The number of carbonyl (C=O) groups excluding carboxylic acids is 3. The van der Waals surface area contributed by atoms with E-state index in [0.717, 1.165) is 11.1 Å². The molecule has 3 amide bonds. The number of carbonyl (C=O) groups is 4. The van der Waals surface area contributed by atoms with Crippen LogP contribution in [0.3, 0.4) is 0 Å². The Hall–Kier alpha value is -3.92. The quantitative estimate of drug-likeness (QED) is 0.196. The number of amides is 3. The average molecular weight is 555 g/mol. The van der Waals surface area contributed by atoms with E-state index < -0.39 is 47.9 Å². The third-order valence-corrected chi connectivity index (χ3v) is 6.76. The van der Waals surface area contributed by atoms with Gasteiger partial charge in [0.2, 0.25) is 17.7 Å². The van der Waals surface area contributed by atoms with Gasteiger partial charge in [0.25, 0.3) is 0 Å². The molecule has 5 atom stereocenters. The summed E-state index contributed by atoms with van der Waals surface area (Å²) in [5.74, 6) is -3.05. The molecule has 2 rings (SSSR count). The van der Waals surface area contributed by atoms with Crippen molar-refractivity contribution in [1.82, 2.24) is 16.0 Å². The zero-order chi connectivity index (χ0) is 29.8. The van der Waals surface area contributed by atoms with Gasteiger partial charge in [0.15, 0.2) is 0 Å². The molecule has 0 fully saturated rings. The number of phenolic OH excluding ortho intramolecular Hbond substituents is 1. The second-order valence-corrected chi connectivity index (χ2v) is 10.6. The summed E-state index contributed by atoms with van der Waals surface area (Å²) in [5, 5.41) is 27.2. The van der Waals surface area contributed by atoms with Gasteiger partial charge in [-0.2, -0.15) is 0 Å². The zero-order valence-corrected chi connectivity index (χ0v) is 23.6. The summed E-state index contributed by atoms with van der Waals surface area (Å²) in [6.07, 6.45) is 1.17. The molecular weight excluding hydrogens is 512 g/mol. The summed E-state index contributed by atoms with van der Waals surface area (Å²) < 4.78 is 0. The van der Waals surface area contributed by atoms with Gasteiger partial charge in [-0.3, -0.25) is 14.4 Å². The van der Waals surface area contributed by atoms with Crippen molar-refractivity contribution in [1.29, 1.82) is 0 Å². The lowest BCUT2D eigenvalue weighted by Crippen LogP contribution is -2.58. The molecule has 10 heteroatoms. The van der Waals surface area contributed by atoms with Crippen LogP contribution in [0.2, 0.25) is 0 Å². The molecular formula is C30H42N4O6. The predicted octanol–water partition coefficient (Wildman–Crippen LogP) is 2.14. The van der Waals surface area contributed by atoms with Crippen molar-refractivity contribution in [3.8, 4) is 5.75 Å². The molecule has 0 aliphatic carbocycles. The first-order valence-corrected chi connectivity index (χ1v) is 13.6. The van der Waals surface area contributed by atoms with Gasteiger partial charge in [0.1, 0.15) is 23.9 Å². The van der Waals surface area contributed by atoms with E-state index in [1.54, 1.807) is 19.1 Å². The summed E-state index contributed by atoms with van der Waals surface area (Å²) >= 11 is 0. The van der Waals surface area contributed by atoms with Crippen LogP contribution in [0.5, 0.6) is 5.75 Å². The molecule has 0 saturated heterocycles. The van der Waals surface area contributed by atoms with E-state index in [-0.39, 0.29) is 36.8 Å². The maximum Gasteiger partial charge on any atom is 0.326 e. The molecule has 7 N–H and O–H groups in total. The summed E-state index contributed by atoms with van der Waals surface area (Å²) in [7, 11) is 0. The van der Waals surface area contributed by atoms with Crippen LogP contribution in [-0.4, -0.2) is 58.1 Å². The number of nitrogens with two attached hydrogens (primary N) is 1. The van der Waals surface area contributed by atoms with Crippen LogP contribution in [0.4, 0.5) is 0 Å². The van der Waals surface area contributed by atoms with Crippen molar-refractivity contribution < 1.29 is 29.4 Å². The van der Waals surface area contributed by atoms with E-state index in [0.29, 0.717) is 6.42 Å². The summed E-state index contributed by atoms with van der Waals surface area (Å²) in [4.78, 5) is 51.5. The first kappa shape index (κ1) is 32.3. The Morgan fingerprint density at radius 1 is 0.775 bits per heavy atom. The van der Waals surface area contributed by atoms with Crippen LogP contribution >= 0.6 is 0 Å². The van der Waals surface area contributed by atoms with Crippen LogP contribution in [-0.2, 0) is 32.0 Å². The number of aromatic hydroxyl groups is 1. The lowest BCUT2D eigenvalue weighted by Gasteiger charge is -2.27. The number of phenols is 1. The molecule has 10 nitrogen and oxygen atoms in total. The number of nitrogens with one attached hydrogen (secondary N) is 3. The van der Waals surface area contributed by atoms with Crippen LogP contribution in [0.1, 0.15) is 51.7 Å². The zero-order valence-electron chi connectivity index (χ0n) is 23.6. The Kier molecular flexibility index (Phi) is 12.6. The summed E-state index contributed by atoms with van der Waals surface area (Å²) in [6.45, 7) is 7.36. The third kappa shape index (κ3) is 10.3. The number of carboxylic acid groups (broad SMARTS) is 1. The fourth-order valence-electron chi connectivity index (χ4n) is 4.23. The molecule has 40 heavy (non-hydrogen) atoms. The Morgan fingerprint density at radius 3 is 1.88 bits per heavy atom.